The number of carboxylic acid groups (broad SMARTS) is 1. The summed E-state index contributed by atoms with van der Waals surface area (Å²) in [5.74, 6) is -0.350. The first-order chi connectivity index (χ1) is 11.6. The van der Waals surface area contributed by atoms with Crippen molar-refractivity contribution in [2.75, 3.05) is 18.0 Å². The highest BCUT2D eigenvalue weighted by molar-refractivity contribution is 5.87. The van der Waals surface area contributed by atoms with E-state index < -0.39 is 5.97 Å². The van der Waals surface area contributed by atoms with E-state index >= 15 is 0 Å². The first kappa shape index (κ1) is 14.6. The number of aliphatic hydroxyl groups excluding tert-OH is 1. The minimum Gasteiger partial charge on any atom is -0.476 e. The van der Waals surface area contributed by atoms with Gasteiger partial charge < -0.3 is 15.1 Å². The molecular weight excluding hydrogens is 308 g/mol. The Labute approximate surface area is 137 Å². The van der Waals surface area contributed by atoms with E-state index in [-0.39, 0.29) is 11.8 Å². The van der Waals surface area contributed by atoms with Crippen LogP contribution in [-0.4, -0.2) is 50.0 Å². The summed E-state index contributed by atoms with van der Waals surface area (Å²) in [6.07, 6.45) is 0.292. The van der Waals surface area contributed by atoms with Crippen molar-refractivity contribution in [1.29, 1.82) is 0 Å². The normalized spacial score (nSPS) is 17.5. The Hall–Kier alpha value is -2.93. The molecule has 1 atom stereocenters. The Morgan fingerprint density at radius 2 is 2.00 bits per heavy atom. The fourth-order valence-electron chi connectivity index (χ4n) is 3.00. The van der Waals surface area contributed by atoms with E-state index in [0.29, 0.717) is 25.2 Å². The highest BCUT2D eigenvalue weighted by atomic mass is 16.4. The monoisotopic (exact) mass is 324 g/mol. The molecule has 1 fully saturated rings. The zero-order chi connectivity index (χ0) is 16.7. The van der Waals surface area contributed by atoms with Crippen LogP contribution in [0.2, 0.25) is 0 Å². The van der Waals surface area contributed by atoms with Crippen molar-refractivity contribution in [1.82, 2.24) is 14.6 Å². The standard InChI is InChI=1S/C17H16N4O3/c22-12-6-7-20(10-12)16-9-13(11-4-2-1-3-5-11)18-15-8-14(17(23)24)19-21(15)16/h1-5,8-9,12,22H,6-7,10H2,(H,23,24). The third kappa shape index (κ3) is 2.48. The largest absolute Gasteiger partial charge is 0.476 e. The molecule has 1 aliphatic rings. The molecular formula is C17H16N4O3. The van der Waals surface area contributed by atoms with Crippen molar-refractivity contribution in [3.05, 3.63) is 48.2 Å². The van der Waals surface area contributed by atoms with E-state index in [1.54, 1.807) is 0 Å². The van der Waals surface area contributed by atoms with E-state index in [2.05, 4.69) is 10.1 Å². The average molecular weight is 324 g/mol. The highest BCUT2D eigenvalue weighted by Crippen LogP contribution is 2.27. The maximum atomic E-state index is 11.3. The van der Waals surface area contributed by atoms with E-state index in [9.17, 15) is 15.0 Å². The van der Waals surface area contributed by atoms with Crippen LogP contribution in [0.4, 0.5) is 5.82 Å². The Kier molecular flexibility index (Phi) is 3.42. The van der Waals surface area contributed by atoms with Gasteiger partial charge in [-0.2, -0.15) is 9.61 Å². The summed E-state index contributed by atoms with van der Waals surface area (Å²) in [7, 11) is 0. The molecule has 0 amide bonds. The molecule has 0 spiro atoms. The molecule has 1 aliphatic heterocycles. The number of hydrogen-bond acceptors (Lipinski definition) is 5. The Bertz CT molecular complexity index is 907. The van der Waals surface area contributed by atoms with Gasteiger partial charge in [0, 0.05) is 30.8 Å². The molecule has 7 nitrogen and oxygen atoms in total. The fourth-order valence-corrected chi connectivity index (χ4v) is 3.00. The summed E-state index contributed by atoms with van der Waals surface area (Å²) < 4.78 is 1.54. The number of aromatic carboxylic acids is 1. The van der Waals surface area contributed by atoms with Crippen molar-refractivity contribution >= 4 is 17.4 Å². The van der Waals surface area contributed by atoms with Gasteiger partial charge in [-0.25, -0.2) is 9.78 Å². The Morgan fingerprint density at radius 1 is 1.21 bits per heavy atom. The zero-order valence-electron chi connectivity index (χ0n) is 12.8. The molecule has 1 unspecified atom stereocenters. The maximum absolute atomic E-state index is 11.3. The van der Waals surface area contributed by atoms with Gasteiger partial charge in [0.05, 0.1) is 11.8 Å². The average Bonchev–Trinajstić information content (AvgIpc) is 3.21. The van der Waals surface area contributed by atoms with Crippen LogP contribution in [0.5, 0.6) is 0 Å². The van der Waals surface area contributed by atoms with Crippen LogP contribution < -0.4 is 4.90 Å². The lowest BCUT2D eigenvalue weighted by Gasteiger charge is -2.19. The number of β-amino-alcohol motifs (C(OH)–C–C–N with tert-alkyl or cyclic N) is 1. The van der Waals surface area contributed by atoms with E-state index in [0.717, 1.165) is 17.1 Å². The lowest BCUT2D eigenvalue weighted by Crippen LogP contribution is -2.24. The van der Waals surface area contributed by atoms with Gasteiger partial charge in [-0.3, -0.25) is 0 Å². The molecule has 2 aromatic heterocycles. The predicted molar refractivity (Wildman–Crippen MR) is 88.2 cm³/mol. The van der Waals surface area contributed by atoms with Crippen molar-refractivity contribution in [3.8, 4) is 11.3 Å². The molecule has 0 saturated carbocycles. The van der Waals surface area contributed by atoms with Crippen LogP contribution in [0.15, 0.2) is 42.5 Å². The SMILES string of the molecule is O=C(O)c1cc2nc(-c3ccccc3)cc(N3CCC(O)C3)n2n1. The second kappa shape index (κ2) is 5.61. The number of hydrogen-bond donors (Lipinski definition) is 2. The van der Waals surface area contributed by atoms with Crippen molar-refractivity contribution < 1.29 is 15.0 Å². The summed E-state index contributed by atoms with van der Waals surface area (Å²) in [6.45, 7) is 1.19. The van der Waals surface area contributed by atoms with Crippen molar-refractivity contribution in [2.45, 2.75) is 12.5 Å². The molecule has 0 bridgehead atoms. The first-order valence-electron chi connectivity index (χ1n) is 7.74. The molecule has 3 aromatic rings. The summed E-state index contributed by atoms with van der Waals surface area (Å²) in [4.78, 5) is 17.8. The number of aromatic nitrogens is 3. The van der Waals surface area contributed by atoms with Crippen LogP contribution in [0, 0.1) is 0 Å². The second-order valence-corrected chi connectivity index (χ2v) is 5.86. The Morgan fingerprint density at radius 3 is 2.67 bits per heavy atom. The number of aliphatic hydroxyl groups is 1. The van der Waals surface area contributed by atoms with Gasteiger partial charge in [0.1, 0.15) is 5.82 Å². The Balaban J connectivity index is 1.91. The molecule has 0 aliphatic carbocycles. The highest BCUT2D eigenvalue weighted by Gasteiger charge is 2.24. The summed E-state index contributed by atoms with van der Waals surface area (Å²) in [6, 6.07) is 13.1. The van der Waals surface area contributed by atoms with Gasteiger partial charge in [0.15, 0.2) is 11.3 Å². The van der Waals surface area contributed by atoms with Crippen LogP contribution in [0.1, 0.15) is 16.9 Å². The van der Waals surface area contributed by atoms with E-state index in [1.165, 1.54) is 10.6 Å². The van der Waals surface area contributed by atoms with Gasteiger partial charge in [-0.15, -0.1) is 0 Å². The van der Waals surface area contributed by atoms with Crippen molar-refractivity contribution in [2.24, 2.45) is 0 Å². The van der Waals surface area contributed by atoms with Gasteiger partial charge in [0.2, 0.25) is 0 Å². The molecule has 24 heavy (non-hydrogen) atoms. The van der Waals surface area contributed by atoms with E-state index in [1.807, 2.05) is 41.3 Å². The zero-order valence-corrected chi connectivity index (χ0v) is 12.8. The number of rotatable bonds is 3. The minimum absolute atomic E-state index is 0.0475. The van der Waals surface area contributed by atoms with Crippen LogP contribution in [-0.2, 0) is 0 Å². The second-order valence-electron chi connectivity index (χ2n) is 5.86. The summed E-state index contributed by atoms with van der Waals surface area (Å²) >= 11 is 0. The van der Waals surface area contributed by atoms with Crippen molar-refractivity contribution in [3.63, 3.8) is 0 Å². The molecule has 1 aromatic carbocycles. The van der Waals surface area contributed by atoms with Gasteiger partial charge in [0.25, 0.3) is 0 Å². The molecule has 2 N–H and O–H groups in total. The van der Waals surface area contributed by atoms with Crippen LogP contribution in [0.25, 0.3) is 16.9 Å². The summed E-state index contributed by atoms with van der Waals surface area (Å²) in [5.41, 5.74) is 2.12. The third-order valence-electron chi connectivity index (χ3n) is 4.18. The number of carbonyl (C=O) groups is 1. The lowest BCUT2D eigenvalue weighted by atomic mass is 10.1. The summed E-state index contributed by atoms with van der Waals surface area (Å²) in [5, 5.41) is 23.2. The number of anilines is 1. The molecule has 3 heterocycles. The minimum atomic E-state index is -1.09. The lowest BCUT2D eigenvalue weighted by molar-refractivity contribution is 0.0690. The number of benzene rings is 1. The number of nitrogens with zero attached hydrogens (tertiary/aromatic N) is 4. The maximum Gasteiger partial charge on any atom is 0.356 e. The molecule has 7 heteroatoms. The molecule has 1 saturated heterocycles. The smallest absolute Gasteiger partial charge is 0.356 e. The van der Waals surface area contributed by atoms with Gasteiger partial charge in [-0.05, 0) is 6.42 Å². The van der Waals surface area contributed by atoms with Gasteiger partial charge >= 0.3 is 5.97 Å². The first-order valence-corrected chi connectivity index (χ1v) is 7.74. The molecule has 4 rings (SSSR count). The third-order valence-corrected chi connectivity index (χ3v) is 4.18. The topological polar surface area (TPSA) is 91.0 Å². The predicted octanol–water partition coefficient (Wildman–Crippen LogP) is 1.67. The number of fused-ring (bicyclic) bond motifs is 1. The van der Waals surface area contributed by atoms with Crippen LogP contribution >= 0.6 is 0 Å². The van der Waals surface area contributed by atoms with Gasteiger partial charge in [-0.1, -0.05) is 30.3 Å². The molecule has 0 radical (unpaired) electrons. The van der Waals surface area contributed by atoms with E-state index in [4.69, 9.17) is 0 Å². The fraction of sp³-hybridized carbons (Fsp3) is 0.235. The molecule has 122 valence electrons. The quantitative estimate of drug-likeness (QED) is 0.761. The van der Waals surface area contributed by atoms with Crippen LogP contribution in [0.3, 0.4) is 0 Å². The number of carboxylic acids is 1.